The number of anilines is 2. The van der Waals surface area contributed by atoms with Crippen molar-refractivity contribution < 1.29 is 14.6 Å². The summed E-state index contributed by atoms with van der Waals surface area (Å²) in [6.45, 7) is 2.77. The molecule has 0 bridgehead atoms. The highest BCUT2D eigenvalue weighted by molar-refractivity contribution is 5.68. The van der Waals surface area contributed by atoms with Crippen molar-refractivity contribution in [2.75, 3.05) is 30.5 Å². The maximum absolute atomic E-state index is 11.0. The number of aromatic nitrogens is 2. The van der Waals surface area contributed by atoms with E-state index in [1.807, 2.05) is 0 Å². The minimum Gasteiger partial charge on any atom is -0.449 e. The largest absolute Gasteiger partial charge is 0.449 e. The lowest BCUT2D eigenvalue weighted by Gasteiger charge is -2.07. The first kappa shape index (κ1) is 14.0. The molecule has 1 amide bonds. The summed E-state index contributed by atoms with van der Waals surface area (Å²) in [5.74, 6) is 1.00. The molecule has 0 unspecified atom stereocenters. The highest BCUT2D eigenvalue weighted by atomic mass is 16.5. The van der Waals surface area contributed by atoms with Crippen molar-refractivity contribution in [1.82, 2.24) is 15.6 Å². The number of nitrogens with zero attached hydrogens (tertiary/aromatic N) is 2. The third kappa shape index (κ3) is 5.30. The molecular formula is C10H17N5O3. The number of carbonyl (C=O) groups excluding carboxylic acids is 1. The molecule has 0 saturated heterocycles. The molecule has 0 fully saturated rings. The Hall–Kier alpha value is -2.09. The van der Waals surface area contributed by atoms with E-state index in [9.17, 15) is 4.79 Å². The topological polar surface area (TPSA) is 108 Å². The van der Waals surface area contributed by atoms with Crippen LogP contribution in [0.5, 0.6) is 0 Å². The molecule has 18 heavy (non-hydrogen) atoms. The zero-order chi connectivity index (χ0) is 13.2. The zero-order valence-electron chi connectivity index (χ0n) is 10.1. The number of amides is 1. The Kier molecular flexibility index (Phi) is 6.26. The zero-order valence-corrected chi connectivity index (χ0v) is 10.1. The maximum Gasteiger partial charge on any atom is 0.425 e. The Balaban J connectivity index is 2.33. The first-order valence-electron chi connectivity index (χ1n) is 5.63. The highest BCUT2D eigenvalue weighted by Crippen LogP contribution is 2.04. The van der Waals surface area contributed by atoms with E-state index in [2.05, 4.69) is 31.1 Å². The lowest BCUT2D eigenvalue weighted by atomic mass is 10.4. The van der Waals surface area contributed by atoms with Gasteiger partial charge in [0.25, 0.3) is 0 Å². The van der Waals surface area contributed by atoms with E-state index in [0.29, 0.717) is 31.2 Å². The standard InChI is InChI=1S/C10H17N5O3/c1-2-18-10(17)15-14-9-5-4-8(12-13-9)11-6-3-7-16/h4-5,16H,2-3,6-7H2,1H3,(H,11,12)(H,13,14)(H,15,17). The van der Waals surface area contributed by atoms with Gasteiger partial charge in [-0.2, -0.15) is 0 Å². The number of rotatable bonds is 7. The monoisotopic (exact) mass is 255 g/mol. The quantitative estimate of drug-likeness (QED) is 0.411. The van der Waals surface area contributed by atoms with Crippen LogP contribution in [0.4, 0.5) is 16.4 Å². The Labute approximate surface area is 105 Å². The number of ether oxygens (including phenoxy) is 1. The first-order valence-corrected chi connectivity index (χ1v) is 5.63. The van der Waals surface area contributed by atoms with Gasteiger partial charge < -0.3 is 15.2 Å². The second-order valence-electron chi connectivity index (χ2n) is 3.28. The molecule has 0 aliphatic heterocycles. The summed E-state index contributed by atoms with van der Waals surface area (Å²) in [5, 5.41) is 19.3. The van der Waals surface area contributed by atoms with Crippen LogP contribution in [-0.2, 0) is 4.74 Å². The first-order chi connectivity index (χ1) is 8.76. The van der Waals surface area contributed by atoms with Crippen molar-refractivity contribution in [3.63, 3.8) is 0 Å². The fraction of sp³-hybridized carbons (Fsp3) is 0.500. The summed E-state index contributed by atoms with van der Waals surface area (Å²) in [6.07, 6.45) is 0.0657. The minimum atomic E-state index is -0.579. The second-order valence-corrected chi connectivity index (χ2v) is 3.28. The van der Waals surface area contributed by atoms with Crippen LogP contribution in [0.1, 0.15) is 13.3 Å². The highest BCUT2D eigenvalue weighted by Gasteiger charge is 2.00. The van der Waals surface area contributed by atoms with Crippen molar-refractivity contribution in [2.24, 2.45) is 0 Å². The summed E-state index contributed by atoms with van der Waals surface area (Å²) >= 11 is 0. The molecule has 8 nitrogen and oxygen atoms in total. The molecule has 0 spiro atoms. The lowest BCUT2D eigenvalue weighted by Crippen LogP contribution is -2.30. The molecule has 0 atom stereocenters. The van der Waals surface area contributed by atoms with Gasteiger partial charge in [-0.25, -0.2) is 10.2 Å². The Morgan fingerprint density at radius 3 is 2.72 bits per heavy atom. The summed E-state index contributed by atoms with van der Waals surface area (Å²) in [7, 11) is 0. The SMILES string of the molecule is CCOC(=O)NNc1ccc(NCCCO)nn1. The molecule has 1 aromatic heterocycles. The molecule has 0 aliphatic rings. The maximum atomic E-state index is 11.0. The summed E-state index contributed by atoms with van der Waals surface area (Å²) in [4.78, 5) is 11.0. The van der Waals surface area contributed by atoms with Gasteiger partial charge in [-0.15, -0.1) is 10.2 Å². The van der Waals surface area contributed by atoms with Gasteiger partial charge in [0.15, 0.2) is 5.82 Å². The molecule has 0 aromatic carbocycles. The minimum absolute atomic E-state index is 0.128. The second kappa shape index (κ2) is 8.07. The average molecular weight is 255 g/mol. The molecule has 0 saturated carbocycles. The van der Waals surface area contributed by atoms with Crippen molar-refractivity contribution in [3.05, 3.63) is 12.1 Å². The van der Waals surface area contributed by atoms with Crippen LogP contribution >= 0.6 is 0 Å². The van der Waals surface area contributed by atoms with Crippen LogP contribution in [-0.4, -0.2) is 41.2 Å². The van der Waals surface area contributed by atoms with Crippen LogP contribution in [0.3, 0.4) is 0 Å². The molecule has 0 radical (unpaired) electrons. The van der Waals surface area contributed by atoms with Gasteiger partial charge in [-0.3, -0.25) is 5.43 Å². The van der Waals surface area contributed by atoms with Gasteiger partial charge in [0, 0.05) is 13.2 Å². The van der Waals surface area contributed by atoms with Gasteiger partial charge in [-0.05, 0) is 25.5 Å². The number of aliphatic hydroxyl groups is 1. The Morgan fingerprint density at radius 2 is 2.11 bits per heavy atom. The van der Waals surface area contributed by atoms with E-state index in [-0.39, 0.29) is 6.61 Å². The molecule has 100 valence electrons. The van der Waals surface area contributed by atoms with E-state index in [1.165, 1.54) is 0 Å². The summed E-state index contributed by atoms with van der Waals surface area (Å²) in [5.41, 5.74) is 4.86. The van der Waals surface area contributed by atoms with Crippen LogP contribution in [0, 0.1) is 0 Å². The summed E-state index contributed by atoms with van der Waals surface area (Å²) in [6, 6.07) is 3.36. The van der Waals surface area contributed by atoms with Crippen LogP contribution < -0.4 is 16.2 Å². The third-order valence-corrected chi connectivity index (χ3v) is 1.87. The van der Waals surface area contributed by atoms with E-state index in [0.717, 1.165) is 0 Å². The summed E-state index contributed by atoms with van der Waals surface area (Å²) < 4.78 is 4.66. The van der Waals surface area contributed by atoms with Crippen molar-refractivity contribution in [3.8, 4) is 0 Å². The smallest absolute Gasteiger partial charge is 0.425 e. The number of nitrogens with one attached hydrogen (secondary N) is 3. The number of carbonyl (C=O) groups is 1. The molecular weight excluding hydrogens is 238 g/mol. The Morgan fingerprint density at radius 1 is 1.39 bits per heavy atom. The third-order valence-electron chi connectivity index (χ3n) is 1.87. The van der Waals surface area contributed by atoms with Crippen LogP contribution in [0.15, 0.2) is 12.1 Å². The number of hydrazine groups is 1. The molecule has 1 aromatic rings. The number of hydrogen-bond acceptors (Lipinski definition) is 7. The van der Waals surface area contributed by atoms with Gasteiger partial charge >= 0.3 is 6.09 Å². The molecule has 0 aliphatic carbocycles. The average Bonchev–Trinajstić information content (AvgIpc) is 2.38. The molecule has 1 heterocycles. The van der Waals surface area contributed by atoms with Crippen molar-refractivity contribution in [2.45, 2.75) is 13.3 Å². The fourth-order valence-electron chi connectivity index (χ4n) is 1.07. The van der Waals surface area contributed by atoms with Crippen molar-refractivity contribution in [1.29, 1.82) is 0 Å². The number of aliphatic hydroxyl groups excluding tert-OH is 1. The van der Waals surface area contributed by atoms with Crippen LogP contribution in [0.2, 0.25) is 0 Å². The molecule has 4 N–H and O–H groups in total. The van der Waals surface area contributed by atoms with Gasteiger partial charge in [0.05, 0.1) is 6.61 Å². The van der Waals surface area contributed by atoms with Crippen molar-refractivity contribution >= 4 is 17.7 Å². The predicted octanol–water partition coefficient (Wildman–Crippen LogP) is 0.344. The lowest BCUT2D eigenvalue weighted by molar-refractivity contribution is 0.154. The van der Waals surface area contributed by atoms with E-state index in [4.69, 9.17) is 5.11 Å². The molecule has 1 rings (SSSR count). The molecule has 8 heteroatoms. The van der Waals surface area contributed by atoms with Gasteiger partial charge in [0.1, 0.15) is 5.82 Å². The van der Waals surface area contributed by atoms with Gasteiger partial charge in [0.2, 0.25) is 0 Å². The van der Waals surface area contributed by atoms with E-state index < -0.39 is 6.09 Å². The van der Waals surface area contributed by atoms with Gasteiger partial charge in [-0.1, -0.05) is 0 Å². The Bertz CT molecular complexity index is 357. The number of hydrogen-bond donors (Lipinski definition) is 4. The normalized spacial score (nSPS) is 9.67. The fourth-order valence-corrected chi connectivity index (χ4v) is 1.07. The van der Waals surface area contributed by atoms with E-state index in [1.54, 1.807) is 19.1 Å². The van der Waals surface area contributed by atoms with E-state index >= 15 is 0 Å². The predicted molar refractivity (Wildman–Crippen MR) is 66.0 cm³/mol. The van der Waals surface area contributed by atoms with Crippen LogP contribution in [0.25, 0.3) is 0 Å².